The third-order valence-corrected chi connectivity index (χ3v) is 4.01. The van der Waals surface area contributed by atoms with Crippen LogP contribution in [0.3, 0.4) is 0 Å². The summed E-state index contributed by atoms with van der Waals surface area (Å²) in [6, 6.07) is 0.728. The van der Waals surface area contributed by atoms with Gasteiger partial charge in [0, 0.05) is 32.2 Å². The van der Waals surface area contributed by atoms with E-state index in [4.69, 9.17) is 0 Å². The average molecular weight is 324 g/mol. The smallest absolute Gasteiger partial charge is 0.0113 e. The van der Waals surface area contributed by atoms with Crippen molar-refractivity contribution in [3.63, 3.8) is 0 Å². The van der Waals surface area contributed by atoms with Crippen LogP contribution in [0.1, 0.15) is 33.1 Å². The lowest BCUT2D eigenvalue weighted by Crippen LogP contribution is -2.48. The molecule has 0 radical (unpaired) electrons. The molecule has 0 spiro atoms. The highest BCUT2D eigenvalue weighted by atomic mass is 127. The molecule has 0 aromatic carbocycles. The van der Waals surface area contributed by atoms with E-state index < -0.39 is 0 Å². The molecule has 0 aromatic rings. The number of unbranched alkanes of at least 4 members (excludes halogenated alkanes) is 2. The highest BCUT2D eigenvalue weighted by molar-refractivity contribution is 14.1. The molecule has 3 heteroatoms. The normalized spacial score (nSPS) is 20.0. The Morgan fingerprint density at radius 1 is 1.00 bits per heavy atom. The largest absolute Gasteiger partial charge is 0.301 e. The minimum absolute atomic E-state index is 0.728. The molecule has 1 fully saturated rings. The number of rotatable bonds is 6. The molecule has 1 rings (SSSR count). The molecule has 1 aliphatic heterocycles. The average Bonchev–Trinajstić information content (AvgIpc) is 2.25. The first-order valence-corrected chi connectivity index (χ1v) is 7.79. The Bertz CT molecular complexity index is 154. The Morgan fingerprint density at radius 3 is 2.20 bits per heavy atom. The van der Waals surface area contributed by atoms with E-state index in [0.29, 0.717) is 0 Å². The third kappa shape index (κ3) is 5.50. The van der Waals surface area contributed by atoms with Crippen molar-refractivity contribution in [2.45, 2.75) is 39.2 Å². The zero-order valence-corrected chi connectivity index (χ0v) is 12.4. The van der Waals surface area contributed by atoms with Crippen molar-refractivity contribution < 1.29 is 0 Å². The van der Waals surface area contributed by atoms with Crippen molar-refractivity contribution in [1.29, 1.82) is 0 Å². The quantitative estimate of drug-likeness (QED) is 0.421. The van der Waals surface area contributed by atoms with Gasteiger partial charge in [-0.05, 0) is 37.7 Å². The number of hydrogen-bond donors (Lipinski definition) is 0. The van der Waals surface area contributed by atoms with Gasteiger partial charge >= 0.3 is 0 Å². The summed E-state index contributed by atoms with van der Waals surface area (Å²) in [7, 11) is 0. The Labute approximate surface area is 109 Å². The first kappa shape index (κ1) is 13.7. The van der Waals surface area contributed by atoms with Crippen LogP contribution in [0, 0.1) is 0 Å². The third-order valence-electron chi connectivity index (χ3n) is 3.25. The van der Waals surface area contributed by atoms with Crippen LogP contribution in [0.5, 0.6) is 0 Å². The highest BCUT2D eigenvalue weighted by Gasteiger charge is 2.17. The van der Waals surface area contributed by atoms with Gasteiger partial charge in [-0.25, -0.2) is 0 Å². The van der Waals surface area contributed by atoms with Crippen LogP contribution in [0.25, 0.3) is 0 Å². The lowest BCUT2D eigenvalue weighted by molar-refractivity contribution is 0.107. The maximum absolute atomic E-state index is 2.63. The van der Waals surface area contributed by atoms with Crippen LogP contribution in [-0.4, -0.2) is 53.0 Å². The van der Waals surface area contributed by atoms with Crippen LogP contribution < -0.4 is 0 Å². The summed E-state index contributed by atoms with van der Waals surface area (Å²) >= 11 is 2.47. The topological polar surface area (TPSA) is 6.48 Å². The molecular formula is C12H25IN2. The van der Waals surface area contributed by atoms with Gasteiger partial charge in [0.2, 0.25) is 0 Å². The van der Waals surface area contributed by atoms with Gasteiger partial charge in [0.25, 0.3) is 0 Å². The molecule has 0 unspecified atom stereocenters. The standard InChI is InChI=1S/C12H25IN2/c1-12(2)15-10-8-14(9-11-15)7-5-3-4-6-13/h12H,3-11H2,1-2H3. The molecule has 0 saturated carbocycles. The lowest BCUT2D eigenvalue weighted by atomic mass is 10.2. The summed E-state index contributed by atoms with van der Waals surface area (Å²) in [5, 5.41) is 0. The fourth-order valence-corrected chi connectivity index (χ4v) is 2.65. The number of nitrogens with zero attached hydrogens (tertiary/aromatic N) is 2. The molecule has 90 valence electrons. The van der Waals surface area contributed by atoms with E-state index >= 15 is 0 Å². The Kier molecular flexibility index (Phi) is 7.17. The van der Waals surface area contributed by atoms with E-state index in [1.165, 1.54) is 56.4 Å². The predicted octanol–water partition coefficient (Wildman–Crippen LogP) is 2.62. The molecule has 2 nitrogen and oxygen atoms in total. The maximum atomic E-state index is 2.63. The molecule has 1 heterocycles. The Hall–Kier alpha value is 0.650. The van der Waals surface area contributed by atoms with E-state index in [0.717, 1.165) is 6.04 Å². The predicted molar refractivity (Wildman–Crippen MR) is 75.9 cm³/mol. The molecule has 0 atom stereocenters. The molecule has 0 bridgehead atoms. The first-order chi connectivity index (χ1) is 7.24. The van der Waals surface area contributed by atoms with Crippen molar-refractivity contribution in [1.82, 2.24) is 9.80 Å². The maximum Gasteiger partial charge on any atom is 0.0113 e. The van der Waals surface area contributed by atoms with E-state index in [2.05, 4.69) is 46.2 Å². The van der Waals surface area contributed by atoms with Gasteiger partial charge < -0.3 is 4.90 Å². The summed E-state index contributed by atoms with van der Waals surface area (Å²) in [5.41, 5.74) is 0. The summed E-state index contributed by atoms with van der Waals surface area (Å²) in [6.07, 6.45) is 4.20. The Morgan fingerprint density at radius 2 is 1.67 bits per heavy atom. The van der Waals surface area contributed by atoms with Crippen molar-refractivity contribution in [3.05, 3.63) is 0 Å². The van der Waals surface area contributed by atoms with E-state index in [-0.39, 0.29) is 0 Å². The van der Waals surface area contributed by atoms with Crippen molar-refractivity contribution >= 4 is 22.6 Å². The van der Waals surface area contributed by atoms with Crippen LogP contribution in [0.15, 0.2) is 0 Å². The van der Waals surface area contributed by atoms with Gasteiger partial charge in [-0.15, -0.1) is 0 Å². The molecule has 0 N–H and O–H groups in total. The minimum atomic E-state index is 0.728. The molecule has 0 aliphatic carbocycles. The van der Waals surface area contributed by atoms with Crippen LogP contribution in [0.2, 0.25) is 0 Å². The molecule has 15 heavy (non-hydrogen) atoms. The van der Waals surface area contributed by atoms with E-state index in [9.17, 15) is 0 Å². The second-order valence-corrected chi connectivity index (χ2v) is 5.80. The van der Waals surface area contributed by atoms with E-state index in [1.54, 1.807) is 0 Å². The second-order valence-electron chi connectivity index (χ2n) is 4.72. The second kappa shape index (κ2) is 7.85. The van der Waals surface area contributed by atoms with Gasteiger partial charge in [-0.2, -0.15) is 0 Å². The van der Waals surface area contributed by atoms with Gasteiger partial charge in [0.1, 0.15) is 0 Å². The first-order valence-electron chi connectivity index (χ1n) is 6.26. The SMILES string of the molecule is CC(C)N1CCN(CCCCCI)CC1. The van der Waals surface area contributed by atoms with Gasteiger partial charge in [-0.1, -0.05) is 29.0 Å². The van der Waals surface area contributed by atoms with Crippen LogP contribution in [0.4, 0.5) is 0 Å². The summed E-state index contributed by atoms with van der Waals surface area (Å²) in [6.45, 7) is 11.0. The van der Waals surface area contributed by atoms with Gasteiger partial charge in [-0.3, -0.25) is 4.90 Å². The molecule has 1 saturated heterocycles. The van der Waals surface area contributed by atoms with E-state index in [1.807, 2.05) is 0 Å². The number of piperazine rings is 1. The van der Waals surface area contributed by atoms with Crippen molar-refractivity contribution in [2.24, 2.45) is 0 Å². The highest BCUT2D eigenvalue weighted by Crippen LogP contribution is 2.07. The summed E-state index contributed by atoms with van der Waals surface area (Å²) < 4.78 is 1.32. The number of alkyl halides is 1. The number of hydrogen-bond acceptors (Lipinski definition) is 2. The minimum Gasteiger partial charge on any atom is -0.301 e. The zero-order valence-electron chi connectivity index (χ0n) is 10.2. The molecule has 0 amide bonds. The van der Waals surface area contributed by atoms with Crippen LogP contribution >= 0.6 is 22.6 Å². The van der Waals surface area contributed by atoms with Gasteiger partial charge in [0.05, 0.1) is 0 Å². The lowest BCUT2D eigenvalue weighted by Gasteiger charge is -2.36. The summed E-state index contributed by atoms with van der Waals surface area (Å²) in [5.74, 6) is 0. The molecular weight excluding hydrogens is 299 g/mol. The Balaban J connectivity index is 2.04. The monoisotopic (exact) mass is 324 g/mol. The van der Waals surface area contributed by atoms with Crippen molar-refractivity contribution in [2.75, 3.05) is 37.2 Å². The van der Waals surface area contributed by atoms with Crippen molar-refractivity contribution in [3.8, 4) is 0 Å². The van der Waals surface area contributed by atoms with Gasteiger partial charge in [0.15, 0.2) is 0 Å². The summed E-state index contributed by atoms with van der Waals surface area (Å²) in [4.78, 5) is 5.22. The number of halogens is 1. The van der Waals surface area contributed by atoms with Crippen LogP contribution in [-0.2, 0) is 0 Å². The fraction of sp³-hybridized carbons (Fsp3) is 1.00. The molecule has 1 aliphatic rings. The fourth-order valence-electron chi connectivity index (χ4n) is 2.11. The zero-order chi connectivity index (χ0) is 11.1. The molecule has 0 aromatic heterocycles.